The van der Waals surface area contributed by atoms with Gasteiger partial charge in [-0.2, -0.15) is 0 Å². The summed E-state index contributed by atoms with van der Waals surface area (Å²) in [6.45, 7) is 7.07. The van der Waals surface area contributed by atoms with Crippen molar-refractivity contribution in [3.8, 4) is 17.2 Å². The second-order valence-corrected chi connectivity index (χ2v) is 6.31. The molecule has 1 amide bonds. The third kappa shape index (κ3) is 5.26. The average molecular weight is 455 g/mol. The van der Waals surface area contributed by atoms with Gasteiger partial charge in [-0.15, -0.1) is 0 Å². The lowest BCUT2D eigenvalue weighted by atomic mass is 10.1. The summed E-state index contributed by atoms with van der Waals surface area (Å²) in [4.78, 5) is 12.6. The summed E-state index contributed by atoms with van der Waals surface area (Å²) in [5.41, 5.74) is 1.19. The Labute approximate surface area is 161 Å². The highest BCUT2D eigenvalue weighted by Crippen LogP contribution is 2.39. The zero-order valence-corrected chi connectivity index (χ0v) is 16.8. The summed E-state index contributed by atoms with van der Waals surface area (Å²) in [6, 6.07) is 11.0. The SMILES string of the molecule is CCOc1cc(C(=O)Nc2cccc(I)c2)cc(OCC)c1OCC. The van der Waals surface area contributed by atoms with Gasteiger partial charge in [0.15, 0.2) is 11.5 Å². The molecule has 0 aliphatic rings. The van der Waals surface area contributed by atoms with Crippen LogP contribution in [0.2, 0.25) is 0 Å². The maximum atomic E-state index is 12.6. The second kappa shape index (κ2) is 9.50. The van der Waals surface area contributed by atoms with Crippen molar-refractivity contribution in [1.29, 1.82) is 0 Å². The Kier molecular flexibility index (Phi) is 7.36. The van der Waals surface area contributed by atoms with E-state index in [0.29, 0.717) is 42.6 Å². The molecule has 0 atom stereocenters. The third-order valence-electron chi connectivity index (χ3n) is 3.25. The van der Waals surface area contributed by atoms with Gasteiger partial charge in [-0.25, -0.2) is 0 Å². The van der Waals surface area contributed by atoms with Gasteiger partial charge in [0.25, 0.3) is 5.91 Å². The van der Waals surface area contributed by atoms with Crippen molar-refractivity contribution in [2.75, 3.05) is 25.1 Å². The van der Waals surface area contributed by atoms with Gasteiger partial charge >= 0.3 is 0 Å². The maximum absolute atomic E-state index is 12.6. The number of nitrogens with one attached hydrogen (secondary N) is 1. The summed E-state index contributed by atoms with van der Waals surface area (Å²) in [7, 11) is 0. The Balaban J connectivity index is 2.36. The molecule has 1 N–H and O–H groups in total. The summed E-state index contributed by atoms with van der Waals surface area (Å²) in [5, 5.41) is 2.89. The van der Waals surface area contributed by atoms with Crippen molar-refractivity contribution in [3.05, 3.63) is 45.5 Å². The molecule has 0 aliphatic heterocycles. The minimum absolute atomic E-state index is 0.230. The molecule has 25 heavy (non-hydrogen) atoms. The van der Waals surface area contributed by atoms with Crippen LogP contribution < -0.4 is 19.5 Å². The predicted octanol–water partition coefficient (Wildman–Crippen LogP) is 4.74. The van der Waals surface area contributed by atoms with Crippen molar-refractivity contribution >= 4 is 34.2 Å². The smallest absolute Gasteiger partial charge is 0.255 e. The molecule has 2 rings (SSSR count). The van der Waals surface area contributed by atoms with Crippen LogP contribution in [0.3, 0.4) is 0 Å². The largest absolute Gasteiger partial charge is 0.490 e. The normalized spacial score (nSPS) is 10.2. The molecule has 0 fully saturated rings. The number of halogens is 1. The fourth-order valence-corrected chi connectivity index (χ4v) is 2.83. The molecule has 0 unspecified atom stereocenters. The molecule has 2 aromatic carbocycles. The van der Waals surface area contributed by atoms with Gasteiger partial charge in [-0.05, 0) is 73.7 Å². The third-order valence-corrected chi connectivity index (χ3v) is 3.92. The molecule has 0 radical (unpaired) electrons. The van der Waals surface area contributed by atoms with E-state index in [-0.39, 0.29) is 5.91 Å². The molecule has 0 saturated carbocycles. The number of rotatable bonds is 8. The lowest BCUT2D eigenvalue weighted by Crippen LogP contribution is -2.13. The Bertz CT molecular complexity index is 706. The minimum Gasteiger partial charge on any atom is -0.490 e. The molecule has 0 spiro atoms. The number of benzene rings is 2. The van der Waals surface area contributed by atoms with E-state index in [1.807, 2.05) is 45.0 Å². The highest BCUT2D eigenvalue weighted by atomic mass is 127. The van der Waals surface area contributed by atoms with E-state index >= 15 is 0 Å². The molecule has 0 heterocycles. The Hall–Kier alpha value is -1.96. The number of anilines is 1. The van der Waals surface area contributed by atoms with E-state index < -0.39 is 0 Å². The predicted molar refractivity (Wildman–Crippen MR) is 107 cm³/mol. The zero-order valence-electron chi connectivity index (χ0n) is 14.6. The number of hydrogen-bond acceptors (Lipinski definition) is 4. The second-order valence-electron chi connectivity index (χ2n) is 5.07. The zero-order chi connectivity index (χ0) is 18.2. The Morgan fingerprint density at radius 3 is 2.08 bits per heavy atom. The molecule has 0 bridgehead atoms. The van der Waals surface area contributed by atoms with E-state index in [1.165, 1.54) is 0 Å². The number of ether oxygens (including phenoxy) is 3. The average Bonchev–Trinajstić information content (AvgIpc) is 2.58. The maximum Gasteiger partial charge on any atom is 0.255 e. The van der Waals surface area contributed by atoms with Crippen LogP contribution in [0.4, 0.5) is 5.69 Å². The Morgan fingerprint density at radius 1 is 0.960 bits per heavy atom. The first-order valence-corrected chi connectivity index (χ1v) is 9.30. The van der Waals surface area contributed by atoms with Gasteiger partial charge in [0, 0.05) is 14.8 Å². The fourth-order valence-electron chi connectivity index (χ4n) is 2.29. The quantitative estimate of drug-likeness (QED) is 0.585. The molecular weight excluding hydrogens is 433 g/mol. The Morgan fingerprint density at radius 2 is 1.56 bits per heavy atom. The van der Waals surface area contributed by atoms with Crippen LogP contribution in [0.1, 0.15) is 31.1 Å². The van der Waals surface area contributed by atoms with E-state index in [1.54, 1.807) is 12.1 Å². The van der Waals surface area contributed by atoms with Crippen LogP contribution in [0.5, 0.6) is 17.2 Å². The summed E-state index contributed by atoms with van der Waals surface area (Å²) >= 11 is 2.21. The van der Waals surface area contributed by atoms with Gasteiger partial charge in [0.1, 0.15) is 0 Å². The van der Waals surface area contributed by atoms with Crippen molar-refractivity contribution in [3.63, 3.8) is 0 Å². The molecule has 134 valence electrons. The van der Waals surface area contributed by atoms with Crippen molar-refractivity contribution in [2.24, 2.45) is 0 Å². The highest BCUT2D eigenvalue weighted by Gasteiger charge is 2.18. The van der Waals surface area contributed by atoms with Crippen LogP contribution in [0.15, 0.2) is 36.4 Å². The lowest BCUT2D eigenvalue weighted by Gasteiger charge is -2.17. The van der Waals surface area contributed by atoms with Gasteiger partial charge in [0.05, 0.1) is 19.8 Å². The lowest BCUT2D eigenvalue weighted by molar-refractivity contribution is 0.102. The van der Waals surface area contributed by atoms with Crippen LogP contribution >= 0.6 is 22.6 Å². The highest BCUT2D eigenvalue weighted by molar-refractivity contribution is 14.1. The molecule has 2 aromatic rings. The summed E-state index contributed by atoms with van der Waals surface area (Å²) in [5.74, 6) is 1.30. The van der Waals surface area contributed by atoms with Gasteiger partial charge in [-0.3, -0.25) is 4.79 Å². The van der Waals surface area contributed by atoms with Crippen LogP contribution in [0.25, 0.3) is 0 Å². The van der Waals surface area contributed by atoms with Crippen molar-refractivity contribution in [2.45, 2.75) is 20.8 Å². The molecule has 0 saturated heterocycles. The van der Waals surface area contributed by atoms with E-state index in [2.05, 4.69) is 27.9 Å². The molecule has 0 aliphatic carbocycles. The monoisotopic (exact) mass is 455 g/mol. The van der Waals surface area contributed by atoms with Crippen LogP contribution in [-0.4, -0.2) is 25.7 Å². The molecule has 0 aromatic heterocycles. The van der Waals surface area contributed by atoms with Crippen molar-refractivity contribution < 1.29 is 19.0 Å². The number of hydrogen-bond donors (Lipinski definition) is 1. The summed E-state index contributed by atoms with van der Waals surface area (Å²) < 4.78 is 18.0. The topological polar surface area (TPSA) is 56.8 Å². The molecule has 6 heteroatoms. The van der Waals surface area contributed by atoms with Gasteiger partial charge < -0.3 is 19.5 Å². The van der Waals surface area contributed by atoms with E-state index in [0.717, 1.165) is 9.26 Å². The van der Waals surface area contributed by atoms with Crippen LogP contribution in [-0.2, 0) is 0 Å². The first-order chi connectivity index (χ1) is 12.1. The van der Waals surface area contributed by atoms with Crippen LogP contribution in [0, 0.1) is 3.57 Å². The number of carbonyl (C=O) groups excluding carboxylic acids is 1. The van der Waals surface area contributed by atoms with Gasteiger partial charge in [-0.1, -0.05) is 6.07 Å². The first kappa shape index (κ1) is 19.4. The minimum atomic E-state index is -0.230. The number of amides is 1. The van der Waals surface area contributed by atoms with E-state index in [9.17, 15) is 4.79 Å². The fraction of sp³-hybridized carbons (Fsp3) is 0.316. The molecular formula is C19H22INO4. The summed E-state index contributed by atoms with van der Waals surface area (Å²) in [6.07, 6.45) is 0. The molecule has 5 nitrogen and oxygen atoms in total. The van der Waals surface area contributed by atoms with Gasteiger partial charge in [0.2, 0.25) is 5.75 Å². The standard InChI is InChI=1S/C19H22INO4/c1-4-23-16-10-13(11-17(24-5-2)18(16)25-6-3)19(22)21-15-9-7-8-14(20)12-15/h7-12H,4-6H2,1-3H3,(H,21,22). The first-order valence-electron chi connectivity index (χ1n) is 8.22. The number of carbonyl (C=O) groups is 1. The van der Waals surface area contributed by atoms with Crippen molar-refractivity contribution in [1.82, 2.24) is 0 Å². The van der Waals surface area contributed by atoms with E-state index in [4.69, 9.17) is 14.2 Å².